The van der Waals surface area contributed by atoms with Gasteiger partial charge < -0.3 is 20.2 Å². The number of benzene rings is 2. The fraction of sp³-hybridized carbons (Fsp3) is 0.318. The summed E-state index contributed by atoms with van der Waals surface area (Å²) >= 11 is 0. The molecule has 0 amide bonds. The van der Waals surface area contributed by atoms with Gasteiger partial charge in [-0.2, -0.15) is 0 Å². The Kier molecular flexibility index (Phi) is 6.49. The van der Waals surface area contributed by atoms with Gasteiger partial charge in [0.25, 0.3) is 0 Å². The summed E-state index contributed by atoms with van der Waals surface area (Å²) in [5.41, 5.74) is 1.98. The number of nitrogens with zero attached hydrogens (tertiary/aromatic N) is 1. The van der Waals surface area contributed by atoms with E-state index in [0.717, 1.165) is 28.8 Å². The lowest BCUT2D eigenvalue weighted by Gasteiger charge is -2.17. The van der Waals surface area contributed by atoms with Crippen molar-refractivity contribution in [3.05, 3.63) is 72.0 Å². The molecular weight excluding hydrogens is 338 g/mol. The van der Waals surface area contributed by atoms with Crippen LogP contribution in [-0.2, 0) is 6.42 Å². The second kappa shape index (κ2) is 9.24. The molecule has 2 atom stereocenters. The average molecular weight is 365 g/mol. The Bertz CT molecular complexity index is 840. The Hall–Kier alpha value is -2.79. The van der Waals surface area contributed by atoms with Crippen molar-refractivity contribution in [2.24, 2.45) is 4.99 Å². The van der Waals surface area contributed by atoms with Gasteiger partial charge in [0.2, 0.25) is 0 Å². The monoisotopic (exact) mass is 365 g/mol. The van der Waals surface area contributed by atoms with E-state index in [4.69, 9.17) is 4.42 Å². The van der Waals surface area contributed by atoms with E-state index >= 15 is 0 Å². The predicted octanol–water partition coefficient (Wildman–Crippen LogP) is 3.65. The molecule has 1 heterocycles. The van der Waals surface area contributed by atoms with Crippen LogP contribution in [0.5, 0.6) is 0 Å². The van der Waals surface area contributed by atoms with Gasteiger partial charge in [0.05, 0.1) is 18.7 Å². The maximum absolute atomic E-state index is 10.3. The zero-order chi connectivity index (χ0) is 19.1. The standard InChI is InChI=1S/C22H27N3O2/c1-3-23-22(24-15-19(26)13-17-9-5-4-6-10-17)25-16(2)21-14-18-11-7-8-12-20(18)27-21/h4-12,14,16,19,26H,3,13,15H2,1-2H3,(H2,23,24,25). The largest absolute Gasteiger partial charge is 0.459 e. The smallest absolute Gasteiger partial charge is 0.191 e. The van der Waals surface area contributed by atoms with Crippen molar-refractivity contribution in [2.45, 2.75) is 32.4 Å². The summed E-state index contributed by atoms with van der Waals surface area (Å²) in [5, 5.41) is 17.9. The van der Waals surface area contributed by atoms with Crippen LogP contribution in [-0.4, -0.2) is 30.3 Å². The van der Waals surface area contributed by atoms with E-state index in [1.54, 1.807) is 0 Å². The minimum absolute atomic E-state index is 0.0403. The van der Waals surface area contributed by atoms with Gasteiger partial charge in [0.1, 0.15) is 11.3 Å². The first-order valence-corrected chi connectivity index (χ1v) is 9.41. The quantitative estimate of drug-likeness (QED) is 0.441. The van der Waals surface area contributed by atoms with Crippen LogP contribution >= 0.6 is 0 Å². The van der Waals surface area contributed by atoms with E-state index in [1.165, 1.54) is 0 Å². The van der Waals surface area contributed by atoms with Crippen molar-refractivity contribution in [2.75, 3.05) is 13.1 Å². The number of rotatable bonds is 7. The van der Waals surface area contributed by atoms with Gasteiger partial charge in [-0.05, 0) is 31.5 Å². The molecular formula is C22H27N3O2. The van der Waals surface area contributed by atoms with Crippen molar-refractivity contribution in [1.29, 1.82) is 0 Å². The highest BCUT2D eigenvalue weighted by atomic mass is 16.3. The maximum atomic E-state index is 10.3. The molecule has 3 aromatic rings. The number of hydrogen-bond acceptors (Lipinski definition) is 3. The molecule has 27 heavy (non-hydrogen) atoms. The second-order valence-corrected chi connectivity index (χ2v) is 6.62. The van der Waals surface area contributed by atoms with E-state index in [9.17, 15) is 5.11 Å². The molecule has 142 valence electrons. The molecule has 5 heteroatoms. The van der Waals surface area contributed by atoms with Crippen LogP contribution in [0.4, 0.5) is 0 Å². The fourth-order valence-corrected chi connectivity index (χ4v) is 2.96. The van der Waals surface area contributed by atoms with E-state index < -0.39 is 6.10 Å². The van der Waals surface area contributed by atoms with Crippen molar-refractivity contribution in [3.63, 3.8) is 0 Å². The molecule has 3 rings (SSSR count). The number of nitrogens with one attached hydrogen (secondary N) is 2. The number of aliphatic hydroxyl groups excluding tert-OH is 1. The molecule has 0 bridgehead atoms. The summed E-state index contributed by atoms with van der Waals surface area (Å²) in [4.78, 5) is 4.53. The van der Waals surface area contributed by atoms with Crippen LogP contribution < -0.4 is 10.6 Å². The molecule has 0 aliphatic carbocycles. The molecule has 2 unspecified atom stereocenters. The zero-order valence-electron chi connectivity index (χ0n) is 15.9. The van der Waals surface area contributed by atoms with E-state index in [1.807, 2.05) is 74.5 Å². The van der Waals surface area contributed by atoms with Gasteiger partial charge in [0, 0.05) is 18.4 Å². The minimum Gasteiger partial charge on any atom is -0.459 e. The summed E-state index contributed by atoms with van der Waals surface area (Å²) in [6, 6.07) is 19.9. The third kappa shape index (κ3) is 5.34. The molecule has 0 fully saturated rings. The predicted molar refractivity (Wildman–Crippen MR) is 110 cm³/mol. The lowest BCUT2D eigenvalue weighted by Crippen LogP contribution is -2.39. The number of aliphatic hydroxyl groups is 1. The molecule has 0 aliphatic heterocycles. The highest BCUT2D eigenvalue weighted by Gasteiger charge is 2.13. The van der Waals surface area contributed by atoms with Gasteiger partial charge in [0.15, 0.2) is 5.96 Å². The highest BCUT2D eigenvalue weighted by molar-refractivity contribution is 5.81. The lowest BCUT2D eigenvalue weighted by molar-refractivity contribution is 0.183. The van der Waals surface area contributed by atoms with Crippen LogP contribution in [0.25, 0.3) is 11.0 Å². The van der Waals surface area contributed by atoms with Gasteiger partial charge in [-0.3, -0.25) is 4.99 Å². The molecule has 0 spiro atoms. The number of hydrogen-bond donors (Lipinski definition) is 3. The van der Waals surface area contributed by atoms with Gasteiger partial charge in [-0.25, -0.2) is 0 Å². The molecule has 1 aromatic heterocycles. The van der Waals surface area contributed by atoms with Crippen molar-refractivity contribution in [3.8, 4) is 0 Å². The molecule has 0 saturated heterocycles. The zero-order valence-corrected chi connectivity index (χ0v) is 15.9. The molecule has 3 N–H and O–H groups in total. The third-order valence-corrected chi connectivity index (χ3v) is 4.34. The minimum atomic E-state index is -0.524. The van der Waals surface area contributed by atoms with E-state index in [-0.39, 0.29) is 6.04 Å². The Labute approximate surface area is 160 Å². The van der Waals surface area contributed by atoms with Crippen molar-refractivity contribution < 1.29 is 9.52 Å². The summed E-state index contributed by atoms with van der Waals surface area (Å²) in [5.74, 6) is 1.52. The Morgan fingerprint density at radius 1 is 1.11 bits per heavy atom. The number of para-hydroxylation sites is 1. The lowest BCUT2D eigenvalue weighted by atomic mass is 10.1. The normalized spacial score (nSPS) is 14.1. The summed E-state index contributed by atoms with van der Waals surface area (Å²) in [6.07, 6.45) is 0.0624. The van der Waals surface area contributed by atoms with Crippen LogP contribution in [0, 0.1) is 0 Å². The first-order chi connectivity index (χ1) is 13.2. The highest BCUT2D eigenvalue weighted by Crippen LogP contribution is 2.23. The maximum Gasteiger partial charge on any atom is 0.191 e. The first-order valence-electron chi connectivity index (χ1n) is 9.41. The molecule has 0 radical (unpaired) electrons. The third-order valence-electron chi connectivity index (χ3n) is 4.34. The first kappa shape index (κ1) is 19.0. The number of aliphatic imine (C=N–C) groups is 1. The molecule has 0 aliphatic rings. The number of furan rings is 1. The topological polar surface area (TPSA) is 69.8 Å². The number of fused-ring (bicyclic) bond motifs is 1. The van der Waals surface area contributed by atoms with Gasteiger partial charge in [-0.15, -0.1) is 0 Å². The van der Waals surface area contributed by atoms with Crippen molar-refractivity contribution in [1.82, 2.24) is 10.6 Å². The van der Waals surface area contributed by atoms with Crippen molar-refractivity contribution >= 4 is 16.9 Å². The second-order valence-electron chi connectivity index (χ2n) is 6.62. The van der Waals surface area contributed by atoms with Gasteiger partial charge in [-0.1, -0.05) is 48.5 Å². The average Bonchev–Trinajstić information content (AvgIpc) is 3.11. The Balaban J connectivity index is 1.62. The molecule has 0 saturated carbocycles. The summed E-state index contributed by atoms with van der Waals surface area (Å²) in [6.45, 7) is 5.12. The van der Waals surface area contributed by atoms with Crippen LogP contribution in [0.3, 0.4) is 0 Å². The molecule has 5 nitrogen and oxygen atoms in total. The Morgan fingerprint density at radius 2 is 1.85 bits per heavy atom. The summed E-state index contributed by atoms with van der Waals surface area (Å²) in [7, 11) is 0. The van der Waals surface area contributed by atoms with E-state index in [2.05, 4.69) is 15.6 Å². The number of guanidine groups is 1. The van der Waals surface area contributed by atoms with E-state index in [0.29, 0.717) is 18.9 Å². The van der Waals surface area contributed by atoms with Crippen LogP contribution in [0.15, 0.2) is 70.1 Å². The van der Waals surface area contributed by atoms with Crippen LogP contribution in [0.1, 0.15) is 31.2 Å². The fourth-order valence-electron chi connectivity index (χ4n) is 2.96. The SMILES string of the molecule is CCNC(=NCC(O)Cc1ccccc1)NC(C)c1cc2ccccc2o1. The van der Waals surface area contributed by atoms with Crippen LogP contribution in [0.2, 0.25) is 0 Å². The summed E-state index contributed by atoms with van der Waals surface area (Å²) < 4.78 is 5.92. The van der Waals surface area contributed by atoms with Gasteiger partial charge >= 0.3 is 0 Å². The molecule has 2 aromatic carbocycles. The Morgan fingerprint density at radius 3 is 2.59 bits per heavy atom.